The van der Waals surface area contributed by atoms with Crippen LogP contribution in [0.1, 0.15) is 21.6 Å². The first-order valence-corrected chi connectivity index (χ1v) is 8.12. The van der Waals surface area contributed by atoms with Crippen LogP contribution < -0.4 is 5.32 Å². The summed E-state index contributed by atoms with van der Waals surface area (Å²) in [4.78, 5) is 20.7. The number of pyridine rings is 2. The summed E-state index contributed by atoms with van der Waals surface area (Å²) < 4.78 is 37.5. The molecule has 0 atom stereocenters. The summed E-state index contributed by atoms with van der Waals surface area (Å²) in [6.45, 7) is 0.209. The lowest BCUT2D eigenvalue weighted by Gasteiger charge is -2.09. The number of carbonyl (C=O) groups is 1. The van der Waals surface area contributed by atoms with Crippen LogP contribution in [0, 0.1) is 0 Å². The van der Waals surface area contributed by atoms with E-state index in [4.69, 9.17) is 0 Å². The van der Waals surface area contributed by atoms with Crippen molar-refractivity contribution in [2.24, 2.45) is 0 Å². The van der Waals surface area contributed by atoms with Gasteiger partial charge in [-0.1, -0.05) is 12.1 Å². The Morgan fingerprint density at radius 3 is 2.60 bits per heavy atom. The third kappa shape index (κ3) is 4.03. The number of alkyl halides is 3. The maximum absolute atomic E-state index is 12.5. The molecule has 3 aromatic rings. The third-order valence-electron chi connectivity index (χ3n) is 3.40. The number of hydrogen-bond donors (Lipinski definition) is 1. The van der Waals surface area contributed by atoms with Crippen LogP contribution in [0.5, 0.6) is 0 Å². The lowest BCUT2D eigenvalue weighted by Crippen LogP contribution is -2.23. The molecule has 8 heteroatoms. The van der Waals surface area contributed by atoms with Gasteiger partial charge in [-0.25, -0.2) is 0 Å². The Morgan fingerprint density at radius 1 is 1.12 bits per heavy atom. The van der Waals surface area contributed by atoms with Crippen LogP contribution in [0.25, 0.3) is 10.6 Å². The number of halogens is 3. The molecule has 0 saturated carbocycles. The Balaban J connectivity index is 1.71. The van der Waals surface area contributed by atoms with Crippen molar-refractivity contribution in [2.45, 2.75) is 12.7 Å². The molecular formula is C17H12F3N3OS. The minimum Gasteiger partial charge on any atom is -0.348 e. The molecule has 0 spiro atoms. The molecule has 3 aromatic heterocycles. The van der Waals surface area contributed by atoms with Gasteiger partial charge in [0.1, 0.15) is 5.69 Å². The number of amides is 1. The Hall–Kier alpha value is -2.74. The molecule has 4 nitrogen and oxygen atoms in total. The van der Waals surface area contributed by atoms with Gasteiger partial charge in [-0.3, -0.25) is 14.8 Å². The van der Waals surface area contributed by atoms with Crippen molar-refractivity contribution < 1.29 is 18.0 Å². The molecule has 0 fully saturated rings. The zero-order valence-corrected chi connectivity index (χ0v) is 13.6. The van der Waals surface area contributed by atoms with Crippen molar-refractivity contribution in [3.63, 3.8) is 0 Å². The number of nitrogens with zero attached hydrogens (tertiary/aromatic N) is 2. The first-order valence-electron chi connectivity index (χ1n) is 7.24. The van der Waals surface area contributed by atoms with E-state index in [1.54, 1.807) is 12.3 Å². The van der Waals surface area contributed by atoms with Crippen LogP contribution in [-0.2, 0) is 12.7 Å². The molecule has 0 bridgehead atoms. The Bertz CT molecular complexity index is 862. The normalized spacial score (nSPS) is 11.3. The number of carbonyl (C=O) groups excluding carboxylic acids is 1. The molecular weight excluding hydrogens is 351 g/mol. The van der Waals surface area contributed by atoms with E-state index in [0.717, 1.165) is 34.5 Å². The SMILES string of the molecule is O=C(NCc1cccnc1-c1cccs1)c1ccc(C(F)(F)F)nc1. The van der Waals surface area contributed by atoms with E-state index in [1.165, 1.54) is 11.3 Å². The lowest BCUT2D eigenvalue weighted by atomic mass is 10.1. The molecule has 1 amide bonds. The van der Waals surface area contributed by atoms with Gasteiger partial charge in [0, 0.05) is 18.9 Å². The monoisotopic (exact) mass is 363 g/mol. The average molecular weight is 363 g/mol. The third-order valence-corrected chi connectivity index (χ3v) is 4.28. The minimum atomic E-state index is -4.53. The highest BCUT2D eigenvalue weighted by Gasteiger charge is 2.32. The quantitative estimate of drug-likeness (QED) is 0.757. The molecule has 3 heterocycles. The highest BCUT2D eigenvalue weighted by molar-refractivity contribution is 7.13. The van der Waals surface area contributed by atoms with Crippen LogP contribution in [0.3, 0.4) is 0 Å². The average Bonchev–Trinajstić information content (AvgIpc) is 3.14. The maximum Gasteiger partial charge on any atom is 0.433 e. The number of hydrogen-bond acceptors (Lipinski definition) is 4. The summed E-state index contributed by atoms with van der Waals surface area (Å²) in [6.07, 6.45) is -1.94. The van der Waals surface area contributed by atoms with Gasteiger partial charge in [0.15, 0.2) is 0 Å². The second-order valence-electron chi connectivity index (χ2n) is 5.10. The van der Waals surface area contributed by atoms with E-state index in [-0.39, 0.29) is 12.1 Å². The molecule has 0 unspecified atom stereocenters. The maximum atomic E-state index is 12.5. The van der Waals surface area contributed by atoms with Gasteiger partial charge < -0.3 is 5.32 Å². The number of aromatic nitrogens is 2. The van der Waals surface area contributed by atoms with E-state index in [1.807, 2.05) is 23.6 Å². The largest absolute Gasteiger partial charge is 0.433 e. The lowest BCUT2D eigenvalue weighted by molar-refractivity contribution is -0.141. The summed E-state index contributed by atoms with van der Waals surface area (Å²) in [5, 5.41) is 4.61. The predicted octanol–water partition coefficient (Wildman–Crippen LogP) is 4.15. The second kappa shape index (κ2) is 7.02. The molecule has 128 valence electrons. The van der Waals surface area contributed by atoms with Crippen molar-refractivity contribution >= 4 is 17.2 Å². The van der Waals surface area contributed by atoms with Gasteiger partial charge in [0.2, 0.25) is 0 Å². The number of thiophene rings is 1. The highest BCUT2D eigenvalue weighted by Crippen LogP contribution is 2.27. The van der Waals surface area contributed by atoms with E-state index in [9.17, 15) is 18.0 Å². The fraction of sp³-hybridized carbons (Fsp3) is 0.118. The van der Waals surface area contributed by atoms with Crippen molar-refractivity contribution in [3.05, 3.63) is 71.0 Å². The Labute approximate surface area is 145 Å². The van der Waals surface area contributed by atoms with Gasteiger partial charge in [-0.05, 0) is 35.2 Å². The fourth-order valence-corrected chi connectivity index (χ4v) is 2.95. The minimum absolute atomic E-state index is 0.0644. The van der Waals surface area contributed by atoms with E-state index < -0.39 is 17.8 Å². The molecule has 0 aliphatic carbocycles. The van der Waals surface area contributed by atoms with Crippen LogP contribution in [-0.4, -0.2) is 15.9 Å². The van der Waals surface area contributed by atoms with E-state index in [2.05, 4.69) is 15.3 Å². The van der Waals surface area contributed by atoms with Crippen LogP contribution in [0.4, 0.5) is 13.2 Å². The van der Waals surface area contributed by atoms with Crippen molar-refractivity contribution in [1.29, 1.82) is 0 Å². The van der Waals surface area contributed by atoms with Gasteiger partial charge >= 0.3 is 6.18 Å². The predicted molar refractivity (Wildman–Crippen MR) is 88.0 cm³/mol. The number of rotatable bonds is 4. The summed E-state index contributed by atoms with van der Waals surface area (Å²) in [7, 11) is 0. The van der Waals surface area contributed by atoms with Crippen LogP contribution in [0.15, 0.2) is 54.2 Å². The molecule has 0 aliphatic heterocycles. The first-order chi connectivity index (χ1) is 11.9. The van der Waals surface area contributed by atoms with Gasteiger partial charge in [-0.2, -0.15) is 13.2 Å². The molecule has 0 saturated heterocycles. The Kier molecular flexibility index (Phi) is 4.80. The smallest absolute Gasteiger partial charge is 0.348 e. The molecule has 0 aliphatic rings. The van der Waals surface area contributed by atoms with Crippen LogP contribution in [0.2, 0.25) is 0 Å². The topological polar surface area (TPSA) is 54.9 Å². The van der Waals surface area contributed by atoms with Crippen LogP contribution >= 0.6 is 11.3 Å². The second-order valence-corrected chi connectivity index (χ2v) is 6.05. The molecule has 0 radical (unpaired) electrons. The van der Waals surface area contributed by atoms with Crippen molar-refractivity contribution in [1.82, 2.24) is 15.3 Å². The fourth-order valence-electron chi connectivity index (χ4n) is 2.19. The van der Waals surface area contributed by atoms with Crippen molar-refractivity contribution in [3.8, 4) is 10.6 Å². The van der Waals surface area contributed by atoms with E-state index >= 15 is 0 Å². The first kappa shape index (κ1) is 17.1. The highest BCUT2D eigenvalue weighted by atomic mass is 32.1. The zero-order chi connectivity index (χ0) is 17.9. The van der Waals surface area contributed by atoms with Gasteiger partial charge in [0.25, 0.3) is 5.91 Å². The summed E-state index contributed by atoms with van der Waals surface area (Å²) >= 11 is 1.53. The van der Waals surface area contributed by atoms with Gasteiger partial charge in [-0.15, -0.1) is 11.3 Å². The summed E-state index contributed by atoms with van der Waals surface area (Å²) in [5.41, 5.74) is 0.618. The van der Waals surface area contributed by atoms with E-state index in [0.29, 0.717) is 0 Å². The van der Waals surface area contributed by atoms with Crippen molar-refractivity contribution in [2.75, 3.05) is 0 Å². The number of nitrogens with one attached hydrogen (secondary N) is 1. The zero-order valence-electron chi connectivity index (χ0n) is 12.7. The Morgan fingerprint density at radius 2 is 1.96 bits per heavy atom. The molecule has 25 heavy (non-hydrogen) atoms. The summed E-state index contributed by atoms with van der Waals surface area (Å²) in [6, 6.07) is 9.33. The molecule has 3 rings (SSSR count). The van der Waals surface area contributed by atoms with Gasteiger partial charge in [0.05, 0.1) is 16.1 Å². The molecule has 1 N–H and O–H groups in total. The standard InChI is InChI=1S/C17H12F3N3OS/c18-17(19,20)14-6-5-12(10-22-14)16(24)23-9-11-3-1-7-21-15(11)13-4-2-8-25-13/h1-8,10H,9H2,(H,23,24). The molecule has 0 aromatic carbocycles. The summed E-state index contributed by atoms with van der Waals surface area (Å²) in [5.74, 6) is -0.498.